The summed E-state index contributed by atoms with van der Waals surface area (Å²) in [7, 11) is 1.45. The number of hydrogen-bond acceptors (Lipinski definition) is 4. The molecule has 0 bridgehead atoms. The van der Waals surface area contributed by atoms with Crippen LogP contribution in [0.25, 0.3) is 0 Å². The second kappa shape index (κ2) is 8.44. The van der Waals surface area contributed by atoms with Gasteiger partial charge in [-0.3, -0.25) is 4.79 Å². The molecule has 1 aromatic carbocycles. The predicted molar refractivity (Wildman–Crippen MR) is 89.8 cm³/mol. The maximum absolute atomic E-state index is 12.1. The summed E-state index contributed by atoms with van der Waals surface area (Å²) in [6, 6.07) is 8.49. The summed E-state index contributed by atoms with van der Waals surface area (Å²) in [4.78, 5) is 13.3. The van der Waals surface area contributed by atoms with Gasteiger partial charge in [-0.15, -0.1) is 11.8 Å². The number of esters is 1. The number of ether oxygens (including phenoxy) is 1. The van der Waals surface area contributed by atoms with E-state index in [-0.39, 0.29) is 5.97 Å². The van der Waals surface area contributed by atoms with E-state index >= 15 is 0 Å². The van der Waals surface area contributed by atoms with Crippen molar-refractivity contribution in [3.8, 4) is 0 Å². The fourth-order valence-electron chi connectivity index (χ4n) is 2.32. The Balaban J connectivity index is 2.68. The fraction of sp³-hybridized carbons (Fsp3) is 0.588. The zero-order chi connectivity index (χ0) is 15.9. The first-order valence-electron chi connectivity index (χ1n) is 7.48. The van der Waals surface area contributed by atoms with Crippen molar-refractivity contribution >= 4 is 17.7 Å². The number of rotatable bonds is 8. The van der Waals surface area contributed by atoms with Crippen LogP contribution in [0.3, 0.4) is 0 Å². The molecule has 3 nitrogen and oxygen atoms in total. The SMILES string of the molecule is CCCNC(C)(CC(C)Sc1ccc(C)cc1)C(=O)OC. The molecule has 4 heteroatoms. The van der Waals surface area contributed by atoms with Crippen molar-refractivity contribution in [2.24, 2.45) is 0 Å². The first kappa shape index (κ1) is 18.1. The molecule has 0 spiro atoms. The van der Waals surface area contributed by atoms with Gasteiger partial charge in [-0.1, -0.05) is 31.5 Å². The number of hydrogen-bond donors (Lipinski definition) is 1. The van der Waals surface area contributed by atoms with Gasteiger partial charge in [-0.05, 0) is 45.4 Å². The molecule has 2 unspecified atom stereocenters. The normalized spacial score (nSPS) is 15.3. The molecular weight excluding hydrogens is 282 g/mol. The minimum absolute atomic E-state index is 0.188. The molecule has 1 N–H and O–H groups in total. The Kier molecular flexibility index (Phi) is 7.26. The summed E-state index contributed by atoms with van der Waals surface area (Å²) in [5, 5.41) is 3.65. The van der Waals surface area contributed by atoms with E-state index in [9.17, 15) is 4.79 Å². The van der Waals surface area contributed by atoms with Crippen LogP contribution in [0.5, 0.6) is 0 Å². The van der Waals surface area contributed by atoms with Gasteiger partial charge in [0.25, 0.3) is 0 Å². The van der Waals surface area contributed by atoms with Gasteiger partial charge < -0.3 is 10.1 Å². The van der Waals surface area contributed by atoms with Crippen LogP contribution in [0.15, 0.2) is 29.2 Å². The minimum atomic E-state index is -0.623. The number of aryl methyl sites for hydroxylation is 1. The third-order valence-corrected chi connectivity index (χ3v) is 4.57. The second-order valence-electron chi connectivity index (χ2n) is 5.70. The molecule has 0 aromatic heterocycles. The van der Waals surface area contributed by atoms with E-state index in [0.717, 1.165) is 19.4 Å². The Morgan fingerprint density at radius 1 is 1.38 bits per heavy atom. The Morgan fingerprint density at radius 3 is 2.52 bits per heavy atom. The fourth-order valence-corrected chi connectivity index (χ4v) is 3.49. The Hall–Kier alpha value is -1.00. The summed E-state index contributed by atoms with van der Waals surface area (Å²) in [6.07, 6.45) is 1.73. The maximum atomic E-state index is 12.1. The Bertz CT molecular complexity index is 447. The molecule has 0 aliphatic carbocycles. The molecule has 0 amide bonds. The van der Waals surface area contributed by atoms with Gasteiger partial charge in [0.1, 0.15) is 5.54 Å². The Morgan fingerprint density at radius 2 is 2.00 bits per heavy atom. The van der Waals surface area contributed by atoms with Gasteiger partial charge >= 0.3 is 5.97 Å². The molecule has 0 saturated heterocycles. The third kappa shape index (κ3) is 5.71. The number of carbonyl (C=O) groups excluding carboxylic acids is 1. The van der Waals surface area contributed by atoms with Crippen molar-refractivity contribution in [2.75, 3.05) is 13.7 Å². The van der Waals surface area contributed by atoms with Crippen molar-refractivity contribution < 1.29 is 9.53 Å². The highest BCUT2D eigenvalue weighted by Gasteiger charge is 2.35. The number of nitrogens with one attached hydrogen (secondary N) is 1. The average Bonchev–Trinajstić information content (AvgIpc) is 2.46. The van der Waals surface area contributed by atoms with E-state index in [4.69, 9.17) is 4.74 Å². The zero-order valence-corrected chi connectivity index (χ0v) is 14.5. The van der Waals surface area contributed by atoms with Crippen molar-refractivity contribution in [3.63, 3.8) is 0 Å². The molecule has 0 radical (unpaired) electrons. The van der Waals surface area contributed by atoms with Gasteiger partial charge in [0.2, 0.25) is 0 Å². The zero-order valence-electron chi connectivity index (χ0n) is 13.7. The highest BCUT2D eigenvalue weighted by atomic mass is 32.2. The van der Waals surface area contributed by atoms with Crippen molar-refractivity contribution in [1.82, 2.24) is 5.32 Å². The van der Waals surface area contributed by atoms with Gasteiger partial charge in [-0.25, -0.2) is 0 Å². The lowest BCUT2D eigenvalue weighted by atomic mass is 9.96. The number of methoxy groups -OCH3 is 1. The number of thioether (sulfide) groups is 1. The van der Waals surface area contributed by atoms with Crippen LogP contribution in [0.4, 0.5) is 0 Å². The van der Waals surface area contributed by atoms with Gasteiger partial charge in [-0.2, -0.15) is 0 Å². The largest absolute Gasteiger partial charge is 0.468 e. The highest BCUT2D eigenvalue weighted by Crippen LogP contribution is 2.29. The topological polar surface area (TPSA) is 38.3 Å². The van der Waals surface area contributed by atoms with Crippen molar-refractivity contribution in [1.29, 1.82) is 0 Å². The summed E-state index contributed by atoms with van der Waals surface area (Å²) >= 11 is 1.79. The van der Waals surface area contributed by atoms with E-state index in [1.54, 1.807) is 11.8 Å². The highest BCUT2D eigenvalue weighted by molar-refractivity contribution is 7.99. The van der Waals surface area contributed by atoms with Crippen LogP contribution in [0.1, 0.15) is 39.2 Å². The van der Waals surface area contributed by atoms with E-state index in [1.807, 2.05) is 6.92 Å². The van der Waals surface area contributed by atoms with Crippen molar-refractivity contribution in [3.05, 3.63) is 29.8 Å². The van der Waals surface area contributed by atoms with Crippen LogP contribution in [0.2, 0.25) is 0 Å². The summed E-state index contributed by atoms with van der Waals surface area (Å²) in [6.45, 7) is 9.07. The summed E-state index contributed by atoms with van der Waals surface area (Å²) < 4.78 is 4.97. The lowest BCUT2D eigenvalue weighted by Gasteiger charge is -2.30. The van der Waals surface area contributed by atoms with Gasteiger partial charge in [0.15, 0.2) is 0 Å². The van der Waals surface area contributed by atoms with Crippen LogP contribution in [-0.4, -0.2) is 30.4 Å². The van der Waals surface area contributed by atoms with Gasteiger partial charge in [0, 0.05) is 10.1 Å². The lowest BCUT2D eigenvalue weighted by molar-refractivity contribution is -0.148. The smallest absolute Gasteiger partial charge is 0.325 e. The predicted octanol–water partition coefficient (Wildman–Crippen LogP) is 3.80. The standard InChI is InChI=1S/C17H27NO2S/c1-6-11-18-17(4,16(19)20-5)12-14(3)21-15-9-7-13(2)8-10-15/h7-10,14,18H,6,11-12H2,1-5H3. The molecule has 2 atom stereocenters. The molecule has 0 aliphatic heterocycles. The van der Waals surface area contributed by atoms with Crippen LogP contribution < -0.4 is 5.32 Å². The molecule has 21 heavy (non-hydrogen) atoms. The molecule has 118 valence electrons. The third-order valence-electron chi connectivity index (χ3n) is 3.46. The van der Waals surface area contributed by atoms with E-state index < -0.39 is 5.54 Å². The van der Waals surface area contributed by atoms with Crippen LogP contribution >= 0.6 is 11.8 Å². The molecule has 1 aromatic rings. The summed E-state index contributed by atoms with van der Waals surface area (Å²) in [5.74, 6) is -0.188. The Labute approximate surface area is 132 Å². The molecule has 0 heterocycles. The molecule has 0 saturated carbocycles. The first-order valence-corrected chi connectivity index (χ1v) is 8.36. The van der Waals surface area contributed by atoms with Crippen molar-refractivity contribution in [2.45, 2.75) is 56.2 Å². The van der Waals surface area contributed by atoms with E-state index in [2.05, 4.69) is 50.4 Å². The second-order valence-corrected chi connectivity index (χ2v) is 7.21. The average molecular weight is 309 g/mol. The summed E-state index contributed by atoms with van der Waals surface area (Å²) in [5.41, 5.74) is 0.637. The molecule has 0 fully saturated rings. The van der Waals surface area contributed by atoms with E-state index in [0.29, 0.717) is 5.25 Å². The lowest BCUT2D eigenvalue weighted by Crippen LogP contribution is -2.51. The first-order chi connectivity index (χ1) is 9.91. The number of carbonyl (C=O) groups is 1. The minimum Gasteiger partial charge on any atom is -0.468 e. The molecule has 0 aliphatic rings. The number of benzene rings is 1. The van der Waals surface area contributed by atoms with Crippen LogP contribution in [0, 0.1) is 6.92 Å². The van der Waals surface area contributed by atoms with Gasteiger partial charge in [0.05, 0.1) is 7.11 Å². The monoisotopic (exact) mass is 309 g/mol. The molecular formula is C17H27NO2S. The van der Waals surface area contributed by atoms with E-state index in [1.165, 1.54) is 17.6 Å². The quantitative estimate of drug-likeness (QED) is 0.585. The molecule has 1 rings (SSSR count). The van der Waals surface area contributed by atoms with Crippen LogP contribution in [-0.2, 0) is 9.53 Å². The maximum Gasteiger partial charge on any atom is 0.325 e.